The molecule has 1 rings (SSSR count). The molecule has 5 nitrogen and oxygen atoms in total. The third-order valence-corrected chi connectivity index (χ3v) is 11.0. The fourth-order valence-electron chi connectivity index (χ4n) is 7.32. The Morgan fingerprint density at radius 3 is 1.52 bits per heavy atom. The summed E-state index contributed by atoms with van der Waals surface area (Å²) in [6, 6.07) is 0. The Bertz CT molecular complexity index is 850. The van der Waals surface area contributed by atoms with E-state index in [0.717, 1.165) is 71.5 Å². The number of unbranched alkanes of at least 4 members (excludes halogenated alkanes) is 22. The average Bonchev–Trinajstić information content (AvgIpc) is 3.71. The molecule has 1 fully saturated rings. The van der Waals surface area contributed by atoms with E-state index < -0.39 is 0 Å². The zero-order chi connectivity index (χ0) is 38.7. The molecular formula is C49H92N2O3. The highest BCUT2D eigenvalue weighted by atomic mass is 16.5. The van der Waals surface area contributed by atoms with E-state index in [-0.39, 0.29) is 5.97 Å². The number of carbonyl (C=O) groups is 1. The number of ether oxygens (including phenoxy) is 2. The molecule has 0 amide bonds. The SMILES string of the molecule is CCCCC/C=C\C/C=C\CCCCCCCCOC(=O)CCN(CCCCOCCCCCCCC/C=C\CCCCCCCC)CCN1CCCC1. The van der Waals surface area contributed by atoms with Crippen molar-refractivity contribution in [2.24, 2.45) is 0 Å². The molecule has 1 aliphatic rings. The van der Waals surface area contributed by atoms with Crippen molar-refractivity contribution in [3.05, 3.63) is 36.5 Å². The molecule has 1 aliphatic heterocycles. The number of likely N-dealkylation sites (tertiary alicyclic amines) is 1. The molecule has 0 aliphatic carbocycles. The van der Waals surface area contributed by atoms with Gasteiger partial charge in [-0.25, -0.2) is 0 Å². The quantitative estimate of drug-likeness (QED) is 0.0352. The number of rotatable bonds is 42. The molecule has 1 saturated heterocycles. The maximum atomic E-state index is 12.5. The Labute approximate surface area is 337 Å². The number of carbonyl (C=O) groups excluding carboxylic acids is 1. The summed E-state index contributed by atoms with van der Waals surface area (Å²) >= 11 is 0. The van der Waals surface area contributed by atoms with Crippen LogP contribution in [0.3, 0.4) is 0 Å². The van der Waals surface area contributed by atoms with Crippen molar-refractivity contribution in [1.29, 1.82) is 0 Å². The van der Waals surface area contributed by atoms with Gasteiger partial charge in [-0.2, -0.15) is 0 Å². The van der Waals surface area contributed by atoms with Gasteiger partial charge in [0, 0.05) is 32.8 Å². The second kappa shape index (κ2) is 42.7. The molecule has 0 aromatic carbocycles. The molecule has 1 heterocycles. The monoisotopic (exact) mass is 757 g/mol. The van der Waals surface area contributed by atoms with E-state index in [0.29, 0.717) is 13.0 Å². The molecular weight excluding hydrogens is 665 g/mol. The van der Waals surface area contributed by atoms with Gasteiger partial charge in [-0.3, -0.25) is 4.79 Å². The molecule has 0 bridgehead atoms. The number of allylic oxidation sites excluding steroid dienone is 6. The van der Waals surface area contributed by atoms with E-state index in [1.165, 1.54) is 174 Å². The highest BCUT2D eigenvalue weighted by Gasteiger charge is 2.14. The lowest BCUT2D eigenvalue weighted by Gasteiger charge is -2.25. The van der Waals surface area contributed by atoms with Crippen molar-refractivity contribution in [1.82, 2.24) is 9.80 Å². The van der Waals surface area contributed by atoms with E-state index in [1.807, 2.05) is 0 Å². The number of nitrogens with zero attached hydrogens (tertiary/aromatic N) is 2. The molecule has 54 heavy (non-hydrogen) atoms. The molecule has 0 aromatic rings. The highest BCUT2D eigenvalue weighted by molar-refractivity contribution is 5.69. The molecule has 0 saturated carbocycles. The van der Waals surface area contributed by atoms with E-state index in [2.05, 4.69) is 60.1 Å². The van der Waals surface area contributed by atoms with Gasteiger partial charge in [-0.1, -0.05) is 147 Å². The largest absolute Gasteiger partial charge is 0.466 e. The number of hydrogen-bond acceptors (Lipinski definition) is 5. The van der Waals surface area contributed by atoms with Crippen LogP contribution >= 0.6 is 0 Å². The van der Waals surface area contributed by atoms with Crippen molar-refractivity contribution >= 4 is 5.97 Å². The lowest BCUT2D eigenvalue weighted by molar-refractivity contribution is -0.144. The van der Waals surface area contributed by atoms with Crippen molar-refractivity contribution in [2.45, 2.75) is 213 Å². The highest BCUT2D eigenvalue weighted by Crippen LogP contribution is 2.12. The van der Waals surface area contributed by atoms with Gasteiger partial charge in [0.25, 0.3) is 0 Å². The van der Waals surface area contributed by atoms with Crippen LogP contribution in [-0.4, -0.2) is 74.9 Å². The summed E-state index contributed by atoms with van der Waals surface area (Å²) in [4.78, 5) is 17.6. The number of esters is 1. The van der Waals surface area contributed by atoms with Crippen molar-refractivity contribution in [3.8, 4) is 0 Å². The summed E-state index contributed by atoms with van der Waals surface area (Å²) in [6.45, 7) is 13.4. The lowest BCUT2D eigenvalue weighted by atomic mass is 10.1. The third-order valence-electron chi connectivity index (χ3n) is 11.0. The first-order valence-corrected chi connectivity index (χ1v) is 23.9. The Morgan fingerprint density at radius 1 is 0.500 bits per heavy atom. The third kappa shape index (κ3) is 37.5. The van der Waals surface area contributed by atoms with Crippen LogP contribution in [0.4, 0.5) is 0 Å². The minimum absolute atomic E-state index is 0.0252. The summed E-state index contributed by atoms with van der Waals surface area (Å²) in [5.41, 5.74) is 0. The molecule has 0 spiro atoms. The standard InChI is InChI=1S/C49H92N2O3/c1-3-5-7-9-11-13-15-17-19-21-23-25-27-29-31-36-46-53-47-38-35-42-51(45-44-50-40-33-34-41-50)43-39-49(52)54-48-37-32-30-28-26-24-22-20-18-16-14-12-10-8-6-4-2/h12,14,17-20H,3-11,13,15-16,21-48H2,1-2H3/b14-12-,19-17-,20-18-. The van der Waals surface area contributed by atoms with E-state index in [1.54, 1.807) is 0 Å². The first kappa shape index (κ1) is 50.6. The van der Waals surface area contributed by atoms with Crippen molar-refractivity contribution < 1.29 is 14.3 Å². The lowest BCUT2D eigenvalue weighted by Crippen LogP contribution is -2.36. The molecule has 0 N–H and O–H groups in total. The van der Waals surface area contributed by atoms with Gasteiger partial charge in [-0.05, 0) is 116 Å². The van der Waals surface area contributed by atoms with Gasteiger partial charge >= 0.3 is 5.97 Å². The normalized spacial score (nSPS) is 13.9. The Hall–Kier alpha value is -1.43. The average molecular weight is 757 g/mol. The van der Waals surface area contributed by atoms with Gasteiger partial charge < -0.3 is 19.3 Å². The zero-order valence-corrected chi connectivity index (χ0v) is 36.4. The predicted molar refractivity (Wildman–Crippen MR) is 237 cm³/mol. The predicted octanol–water partition coefficient (Wildman–Crippen LogP) is 14.0. The van der Waals surface area contributed by atoms with Gasteiger partial charge in [0.1, 0.15) is 0 Å². The first-order chi connectivity index (χ1) is 26.8. The fraction of sp³-hybridized carbons (Fsp3) is 0.857. The van der Waals surface area contributed by atoms with E-state index in [9.17, 15) is 4.79 Å². The topological polar surface area (TPSA) is 42.0 Å². The van der Waals surface area contributed by atoms with Crippen molar-refractivity contribution in [3.63, 3.8) is 0 Å². The van der Waals surface area contributed by atoms with Crippen LogP contribution in [0.15, 0.2) is 36.5 Å². The van der Waals surface area contributed by atoms with Crippen LogP contribution in [0.2, 0.25) is 0 Å². The van der Waals surface area contributed by atoms with Crippen LogP contribution in [0.5, 0.6) is 0 Å². The second-order valence-corrected chi connectivity index (χ2v) is 16.2. The minimum Gasteiger partial charge on any atom is -0.466 e. The van der Waals surface area contributed by atoms with E-state index >= 15 is 0 Å². The summed E-state index contributed by atoms with van der Waals surface area (Å²) in [5, 5.41) is 0. The second-order valence-electron chi connectivity index (χ2n) is 16.2. The minimum atomic E-state index is -0.0252. The molecule has 316 valence electrons. The first-order valence-electron chi connectivity index (χ1n) is 23.9. The summed E-state index contributed by atoms with van der Waals surface area (Å²) in [5.74, 6) is -0.0252. The maximum absolute atomic E-state index is 12.5. The van der Waals surface area contributed by atoms with Gasteiger partial charge in [0.15, 0.2) is 0 Å². The van der Waals surface area contributed by atoms with Gasteiger partial charge in [0.05, 0.1) is 13.0 Å². The summed E-state index contributed by atoms with van der Waals surface area (Å²) in [7, 11) is 0. The van der Waals surface area contributed by atoms with E-state index in [4.69, 9.17) is 9.47 Å². The van der Waals surface area contributed by atoms with Crippen LogP contribution in [0.1, 0.15) is 213 Å². The maximum Gasteiger partial charge on any atom is 0.307 e. The van der Waals surface area contributed by atoms with Crippen LogP contribution in [0, 0.1) is 0 Å². The Morgan fingerprint density at radius 2 is 0.944 bits per heavy atom. The molecule has 0 aromatic heterocycles. The smallest absolute Gasteiger partial charge is 0.307 e. The fourth-order valence-corrected chi connectivity index (χ4v) is 7.32. The molecule has 0 radical (unpaired) electrons. The van der Waals surface area contributed by atoms with Crippen molar-refractivity contribution in [2.75, 3.05) is 59.1 Å². The van der Waals surface area contributed by atoms with Crippen LogP contribution < -0.4 is 0 Å². The zero-order valence-electron chi connectivity index (χ0n) is 36.4. The van der Waals surface area contributed by atoms with Crippen LogP contribution in [-0.2, 0) is 14.3 Å². The molecule has 0 unspecified atom stereocenters. The summed E-state index contributed by atoms with van der Waals surface area (Å²) < 4.78 is 11.6. The van der Waals surface area contributed by atoms with Gasteiger partial charge in [0.2, 0.25) is 0 Å². The summed E-state index contributed by atoms with van der Waals surface area (Å²) in [6.07, 6.45) is 53.1. The molecule has 5 heteroatoms. The number of hydrogen-bond donors (Lipinski definition) is 0. The van der Waals surface area contributed by atoms with Gasteiger partial charge in [-0.15, -0.1) is 0 Å². The molecule has 0 atom stereocenters. The van der Waals surface area contributed by atoms with Crippen LogP contribution in [0.25, 0.3) is 0 Å². The Kier molecular flexibility index (Phi) is 40.0. The Balaban J connectivity index is 1.99.